The fourth-order valence-electron chi connectivity index (χ4n) is 1.50. The van der Waals surface area contributed by atoms with Gasteiger partial charge in [0.2, 0.25) is 0 Å². The van der Waals surface area contributed by atoms with Crippen LogP contribution in [0.25, 0.3) is 0 Å². The first-order valence-electron chi connectivity index (χ1n) is 6.79. The molecule has 0 N–H and O–H groups in total. The molecule has 30 heavy (non-hydrogen) atoms. The van der Waals surface area contributed by atoms with Gasteiger partial charge >= 0.3 is 47.6 Å². The molecule has 0 radical (unpaired) electrons. The predicted octanol–water partition coefficient (Wildman–Crippen LogP) is 7.12. The third-order valence-corrected chi connectivity index (χ3v) is 3.29. The average molecular weight is 486 g/mol. The van der Waals surface area contributed by atoms with Gasteiger partial charge in [-0.2, -0.15) is 74.6 Å². The highest BCUT2D eigenvalue weighted by Gasteiger charge is 2.95. The average Bonchev–Trinajstić information content (AvgIpc) is 2.50. The van der Waals surface area contributed by atoms with Crippen molar-refractivity contribution < 1.29 is 74.6 Å². The van der Waals surface area contributed by atoms with Gasteiger partial charge in [-0.1, -0.05) is 0 Å². The maximum Gasteiger partial charge on any atom is 0.460 e. The van der Waals surface area contributed by atoms with E-state index in [0.717, 1.165) is 19.6 Å². The lowest BCUT2D eigenvalue weighted by molar-refractivity contribution is -0.459. The smallest absolute Gasteiger partial charge is 0.194 e. The number of halogens is 17. The minimum Gasteiger partial charge on any atom is -0.194 e. The van der Waals surface area contributed by atoms with Gasteiger partial charge < -0.3 is 0 Å². The molecular weight excluding hydrogens is 479 g/mol. The Hall–Kier alpha value is -1.67. The van der Waals surface area contributed by atoms with Gasteiger partial charge in [0.05, 0.1) is 0 Å². The summed E-state index contributed by atoms with van der Waals surface area (Å²) in [6.45, 7) is 1.62. The highest BCUT2D eigenvalue weighted by molar-refractivity contribution is 5.18. The lowest BCUT2D eigenvalue weighted by atomic mass is 9.89. The van der Waals surface area contributed by atoms with Gasteiger partial charge in [0, 0.05) is 6.08 Å². The second-order valence-corrected chi connectivity index (χ2v) is 5.86. The molecule has 0 aromatic carbocycles. The Morgan fingerprint density at radius 2 is 0.733 bits per heavy atom. The van der Waals surface area contributed by atoms with Gasteiger partial charge in [0.15, 0.2) is 0 Å². The van der Waals surface area contributed by atoms with Crippen molar-refractivity contribution in [2.75, 3.05) is 0 Å². The molecule has 0 bridgehead atoms. The Morgan fingerprint density at radius 3 is 1.00 bits per heavy atom. The van der Waals surface area contributed by atoms with Crippen molar-refractivity contribution in [2.45, 2.75) is 61.5 Å². The van der Waals surface area contributed by atoms with Gasteiger partial charge in [-0.05, 0) is 19.4 Å². The molecule has 0 fully saturated rings. The van der Waals surface area contributed by atoms with Crippen LogP contribution in [0.2, 0.25) is 0 Å². The van der Waals surface area contributed by atoms with Gasteiger partial charge in [-0.25, -0.2) is 0 Å². The molecule has 0 unspecified atom stereocenters. The Bertz CT molecular complexity index is 698. The fourth-order valence-corrected chi connectivity index (χ4v) is 1.50. The van der Waals surface area contributed by atoms with Crippen LogP contribution in [0.3, 0.4) is 0 Å². The van der Waals surface area contributed by atoms with Gasteiger partial charge in [-0.15, -0.1) is 5.73 Å². The second-order valence-electron chi connectivity index (χ2n) is 5.86. The number of alkyl halides is 17. The van der Waals surface area contributed by atoms with E-state index in [9.17, 15) is 74.6 Å². The summed E-state index contributed by atoms with van der Waals surface area (Å²) in [5.74, 6) is -56.3. The molecule has 0 nitrogen and oxygen atoms in total. The van der Waals surface area contributed by atoms with Gasteiger partial charge in [0.1, 0.15) is 0 Å². The van der Waals surface area contributed by atoms with E-state index in [1.807, 2.05) is 0 Å². The zero-order chi connectivity index (χ0) is 25.0. The van der Waals surface area contributed by atoms with E-state index in [4.69, 9.17) is 0 Å². The molecule has 0 aliphatic rings. The molecule has 0 aliphatic carbocycles. The van der Waals surface area contributed by atoms with Crippen LogP contribution < -0.4 is 0 Å². The molecule has 17 heteroatoms. The number of hydrogen-bond donors (Lipinski definition) is 0. The van der Waals surface area contributed by atoms with Crippen molar-refractivity contribution in [3.8, 4) is 0 Å². The summed E-state index contributed by atoms with van der Waals surface area (Å²) >= 11 is 0. The molecule has 0 saturated heterocycles. The maximum absolute atomic E-state index is 13.3. The molecule has 0 saturated carbocycles. The largest absolute Gasteiger partial charge is 0.460 e. The third-order valence-electron chi connectivity index (χ3n) is 3.29. The predicted molar refractivity (Wildman–Crippen MR) is 63.6 cm³/mol. The first-order chi connectivity index (χ1) is 12.7. The van der Waals surface area contributed by atoms with E-state index in [1.54, 1.807) is 0 Å². The van der Waals surface area contributed by atoms with Crippen molar-refractivity contribution in [3.63, 3.8) is 0 Å². The van der Waals surface area contributed by atoms with Crippen molar-refractivity contribution in [2.24, 2.45) is 0 Å². The van der Waals surface area contributed by atoms with E-state index < -0.39 is 59.3 Å². The van der Waals surface area contributed by atoms with Crippen molar-refractivity contribution >= 4 is 0 Å². The van der Waals surface area contributed by atoms with Crippen LogP contribution in [-0.2, 0) is 0 Å². The highest BCUT2D eigenvalue weighted by Crippen LogP contribution is 2.63. The van der Waals surface area contributed by atoms with Crippen LogP contribution in [0.5, 0.6) is 0 Å². The summed E-state index contributed by atoms with van der Waals surface area (Å²) in [7, 11) is 0. The number of hydrogen-bond acceptors (Lipinski definition) is 0. The molecule has 0 aliphatic heterocycles. The molecule has 0 spiro atoms. The summed E-state index contributed by atoms with van der Waals surface area (Å²) in [6.07, 6.45) is -9.10. The highest BCUT2D eigenvalue weighted by atomic mass is 19.4. The summed E-state index contributed by atoms with van der Waals surface area (Å²) in [5.41, 5.74) is 0.610. The summed E-state index contributed by atoms with van der Waals surface area (Å²) in [4.78, 5) is 0. The van der Waals surface area contributed by atoms with E-state index >= 15 is 0 Å². The van der Waals surface area contributed by atoms with E-state index in [-0.39, 0.29) is 0 Å². The molecule has 178 valence electrons. The van der Waals surface area contributed by atoms with Crippen molar-refractivity contribution in [1.29, 1.82) is 0 Å². The maximum atomic E-state index is 13.3. The lowest BCUT2D eigenvalue weighted by Crippen LogP contribution is -2.74. The van der Waals surface area contributed by atoms with Crippen LogP contribution in [0, 0.1) is 0 Å². The monoisotopic (exact) mass is 486 g/mol. The van der Waals surface area contributed by atoms with Crippen LogP contribution in [0.4, 0.5) is 74.6 Å². The SMILES string of the molecule is CC(C)=C=CC(F)(F)C(F)(F)C(F)(F)C(F)(F)C(F)(F)C(F)(F)C(F)(F)C(F)(F)F. The molecular formula is C13H7F17. The molecule has 0 aromatic heterocycles. The van der Waals surface area contributed by atoms with Crippen molar-refractivity contribution in [3.05, 3.63) is 17.4 Å². The first-order valence-corrected chi connectivity index (χ1v) is 6.79. The Labute approximate surface area is 155 Å². The third kappa shape index (κ3) is 3.73. The standard InChI is InChI=1S/C13H7F17/c1-5(2)3-4-6(14,15)7(16,17)8(18,19)9(20,21)10(22,23)11(24,25)12(26,27)13(28,29)30/h4H,1-2H3. The fraction of sp³-hybridized carbons (Fsp3) is 0.769. The summed E-state index contributed by atoms with van der Waals surface area (Å²) < 4.78 is 219. The summed E-state index contributed by atoms with van der Waals surface area (Å²) in [5, 5.41) is 0. The zero-order valence-electron chi connectivity index (χ0n) is 14.0. The topological polar surface area (TPSA) is 0 Å². The van der Waals surface area contributed by atoms with Crippen LogP contribution in [0.1, 0.15) is 13.8 Å². The van der Waals surface area contributed by atoms with Gasteiger partial charge in [-0.3, -0.25) is 0 Å². The Morgan fingerprint density at radius 1 is 0.467 bits per heavy atom. The quantitative estimate of drug-likeness (QED) is 0.266. The van der Waals surface area contributed by atoms with Crippen LogP contribution in [-0.4, -0.2) is 47.6 Å². The van der Waals surface area contributed by atoms with E-state index in [2.05, 4.69) is 0 Å². The number of rotatable bonds is 7. The Kier molecular flexibility index (Phi) is 6.79. The minimum atomic E-state index is -8.61. The number of allylic oxidation sites excluding steroid dienone is 1. The Balaban J connectivity index is 6.81. The van der Waals surface area contributed by atoms with Crippen LogP contribution in [0.15, 0.2) is 17.4 Å². The second kappa shape index (κ2) is 7.19. The lowest BCUT2D eigenvalue weighted by Gasteiger charge is -2.42. The van der Waals surface area contributed by atoms with E-state index in [0.29, 0.717) is 0 Å². The van der Waals surface area contributed by atoms with Crippen molar-refractivity contribution in [1.82, 2.24) is 0 Å². The van der Waals surface area contributed by atoms with Crippen LogP contribution >= 0.6 is 0 Å². The summed E-state index contributed by atoms with van der Waals surface area (Å²) in [6, 6.07) is 0. The molecule has 0 heterocycles. The molecule has 0 aromatic rings. The molecule has 0 amide bonds. The van der Waals surface area contributed by atoms with E-state index in [1.165, 1.54) is 0 Å². The minimum absolute atomic E-state index is 0.498. The molecule has 0 rings (SSSR count). The first kappa shape index (κ1) is 28.3. The zero-order valence-corrected chi connectivity index (χ0v) is 14.0. The normalized spacial score (nSPS) is 15.7. The molecule has 0 atom stereocenters. The van der Waals surface area contributed by atoms with Gasteiger partial charge in [0.25, 0.3) is 0 Å².